The van der Waals surface area contributed by atoms with Crippen molar-refractivity contribution in [3.63, 3.8) is 0 Å². The number of nitrogens with two attached hydrogens (primary N) is 1. The molecule has 20 heavy (non-hydrogen) atoms. The van der Waals surface area contributed by atoms with Crippen LogP contribution in [0.4, 0.5) is 0 Å². The number of unbranched alkanes of at least 4 members (excludes halogenated alkanes) is 1. The summed E-state index contributed by atoms with van der Waals surface area (Å²) in [7, 11) is 0. The molecule has 0 atom stereocenters. The second kappa shape index (κ2) is 16.2. The molecule has 0 aromatic carbocycles. The van der Waals surface area contributed by atoms with Gasteiger partial charge in [0.15, 0.2) is 5.96 Å². The quantitative estimate of drug-likeness (QED) is 0.285. The summed E-state index contributed by atoms with van der Waals surface area (Å²) < 4.78 is 16.0. The Morgan fingerprint density at radius 3 is 2.35 bits per heavy atom. The fourth-order valence-corrected chi connectivity index (χ4v) is 1.39. The van der Waals surface area contributed by atoms with Gasteiger partial charge >= 0.3 is 0 Å². The zero-order valence-electron chi connectivity index (χ0n) is 13.0. The van der Waals surface area contributed by atoms with Crippen molar-refractivity contribution in [2.75, 3.05) is 52.7 Å². The SMILES string of the molecule is CCCCOCCOCCNC(N)=NCCCOCC. The maximum Gasteiger partial charge on any atom is 0.188 e. The van der Waals surface area contributed by atoms with Crippen LogP contribution in [0.1, 0.15) is 33.1 Å². The van der Waals surface area contributed by atoms with Gasteiger partial charge in [-0.3, -0.25) is 4.99 Å². The van der Waals surface area contributed by atoms with E-state index in [-0.39, 0.29) is 0 Å². The molecule has 0 aliphatic rings. The average Bonchev–Trinajstić information content (AvgIpc) is 2.45. The van der Waals surface area contributed by atoms with Gasteiger partial charge in [0.05, 0.1) is 19.8 Å². The summed E-state index contributed by atoms with van der Waals surface area (Å²) >= 11 is 0. The minimum atomic E-state index is 0.462. The monoisotopic (exact) mass is 289 g/mol. The minimum absolute atomic E-state index is 0.462. The third-order valence-electron chi connectivity index (χ3n) is 2.50. The Bertz CT molecular complexity index is 226. The number of nitrogens with one attached hydrogen (secondary N) is 1. The van der Waals surface area contributed by atoms with E-state index in [1.807, 2.05) is 6.92 Å². The van der Waals surface area contributed by atoms with E-state index in [4.69, 9.17) is 19.9 Å². The lowest BCUT2D eigenvalue weighted by Crippen LogP contribution is -2.34. The molecule has 0 rings (SSSR count). The highest BCUT2D eigenvalue weighted by Gasteiger charge is 1.93. The first-order valence-corrected chi connectivity index (χ1v) is 7.58. The van der Waals surface area contributed by atoms with Crippen molar-refractivity contribution in [2.24, 2.45) is 10.7 Å². The zero-order valence-corrected chi connectivity index (χ0v) is 13.0. The molecule has 0 bridgehead atoms. The van der Waals surface area contributed by atoms with Crippen LogP contribution in [0.2, 0.25) is 0 Å². The van der Waals surface area contributed by atoms with Gasteiger partial charge in [0.1, 0.15) is 0 Å². The van der Waals surface area contributed by atoms with E-state index in [0.29, 0.717) is 38.9 Å². The van der Waals surface area contributed by atoms with Crippen LogP contribution in [0.25, 0.3) is 0 Å². The molecule has 120 valence electrons. The smallest absolute Gasteiger partial charge is 0.188 e. The molecule has 0 aliphatic carbocycles. The minimum Gasteiger partial charge on any atom is -0.382 e. The Kier molecular flexibility index (Phi) is 15.5. The van der Waals surface area contributed by atoms with E-state index in [1.54, 1.807) is 0 Å². The van der Waals surface area contributed by atoms with Crippen molar-refractivity contribution in [3.05, 3.63) is 0 Å². The number of nitrogens with zero attached hydrogens (tertiary/aromatic N) is 1. The van der Waals surface area contributed by atoms with Crippen LogP contribution in [0.5, 0.6) is 0 Å². The van der Waals surface area contributed by atoms with E-state index in [2.05, 4.69) is 17.2 Å². The molecule has 0 heterocycles. The van der Waals surface area contributed by atoms with Crippen LogP contribution in [0.3, 0.4) is 0 Å². The van der Waals surface area contributed by atoms with Crippen LogP contribution in [-0.4, -0.2) is 58.7 Å². The predicted octanol–water partition coefficient (Wildman–Crippen LogP) is 1.15. The third kappa shape index (κ3) is 15.2. The largest absolute Gasteiger partial charge is 0.382 e. The van der Waals surface area contributed by atoms with E-state index >= 15 is 0 Å². The number of hydrogen-bond acceptors (Lipinski definition) is 4. The summed E-state index contributed by atoms with van der Waals surface area (Å²) in [4.78, 5) is 4.19. The Morgan fingerprint density at radius 1 is 0.950 bits per heavy atom. The molecule has 0 unspecified atom stereocenters. The van der Waals surface area contributed by atoms with Gasteiger partial charge in [-0.05, 0) is 19.8 Å². The third-order valence-corrected chi connectivity index (χ3v) is 2.50. The van der Waals surface area contributed by atoms with Gasteiger partial charge in [-0.15, -0.1) is 0 Å². The lowest BCUT2D eigenvalue weighted by molar-refractivity contribution is 0.0487. The highest BCUT2D eigenvalue weighted by Crippen LogP contribution is 1.87. The van der Waals surface area contributed by atoms with Gasteiger partial charge in [0.2, 0.25) is 0 Å². The van der Waals surface area contributed by atoms with E-state index in [9.17, 15) is 0 Å². The van der Waals surface area contributed by atoms with Gasteiger partial charge in [-0.25, -0.2) is 0 Å². The van der Waals surface area contributed by atoms with Gasteiger partial charge in [0, 0.05) is 32.9 Å². The predicted molar refractivity (Wildman–Crippen MR) is 82.1 cm³/mol. The van der Waals surface area contributed by atoms with E-state index in [0.717, 1.165) is 39.1 Å². The molecule has 0 saturated carbocycles. The average molecular weight is 289 g/mol. The Labute approximate surface area is 123 Å². The molecule has 0 saturated heterocycles. The fourth-order valence-electron chi connectivity index (χ4n) is 1.39. The summed E-state index contributed by atoms with van der Waals surface area (Å²) in [6.45, 7) is 9.65. The maximum atomic E-state index is 5.70. The lowest BCUT2D eigenvalue weighted by atomic mass is 10.4. The number of aliphatic imine (C=N–C) groups is 1. The molecule has 0 aromatic rings. The highest BCUT2D eigenvalue weighted by atomic mass is 16.5. The first-order chi connectivity index (χ1) is 9.81. The van der Waals surface area contributed by atoms with Gasteiger partial charge in [-0.1, -0.05) is 13.3 Å². The molecule has 0 amide bonds. The van der Waals surface area contributed by atoms with Crippen LogP contribution >= 0.6 is 0 Å². The summed E-state index contributed by atoms with van der Waals surface area (Å²) in [5.41, 5.74) is 5.70. The lowest BCUT2D eigenvalue weighted by Gasteiger charge is -2.07. The summed E-state index contributed by atoms with van der Waals surface area (Å²) in [6.07, 6.45) is 3.16. The first-order valence-electron chi connectivity index (χ1n) is 7.58. The van der Waals surface area contributed by atoms with E-state index in [1.165, 1.54) is 0 Å². The summed E-state index contributed by atoms with van der Waals surface area (Å²) in [5.74, 6) is 0.462. The van der Waals surface area contributed by atoms with E-state index < -0.39 is 0 Å². The zero-order chi connectivity index (χ0) is 14.9. The summed E-state index contributed by atoms with van der Waals surface area (Å²) in [6, 6.07) is 0. The van der Waals surface area contributed by atoms with Crippen molar-refractivity contribution >= 4 is 5.96 Å². The molecule has 6 heteroatoms. The van der Waals surface area contributed by atoms with Crippen LogP contribution < -0.4 is 11.1 Å². The van der Waals surface area contributed by atoms with Crippen molar-refractivity contribution in [3.8, 4) is 0 Å². The molecular formula is C14H31N3O3. The Balaban J connectivity index is 3.21. The number of hydrogen-bond donors (Lipinski definition) is 2. The normalized spacial score (nSPS) is 11.8. The molecule has 0 spiro atoms. The van der Waals surface area contributed by atoms with Crippen molar-refractivity contribution in [2.45, 2.75) is 33.1 Å². The van der Waals surface area contributed by atoms with Gasteiger partial charge < -0.3 is 25.3 Å². The van der Waals surface area contributed by atoms with Crippen LogP contribution in [0.15, 0.2) is 4.99 Å². The van der Waals surface area contributed by atoms with Crippen LogP contribution in [0, 0.1) is 0 Å². The van der Waals surface area contributed by atoms with Crippen molar-refractivity contribution < 1.29 is 14.2 Å². The molecule has 3 N–H and O–H groups in total. The number of rotatable bonds is 14. The molecular weight excluding hydrogens is 258 g/mol. The molecule has 6 nitrogen and oxygen atoms in total. The fraction of sp³-hybridized carbons (Fsp3) is 0.929. The maximum absolute atomic E-state index is 5.70. The van der Waals surface area contributed by atoms with Crippen molar-refractivity contribution in [1.29, 1.82) is 0 Å². The van der Waals surface area contributed by atoms with Gasteiger partial charge in [-0.2, -0.15) is 0 Å². The second-order valence-corrected chi connectivity index (χ2v) is 4.32. The standard InChI is InChI=1S/C14H31N3O3/c1-3-5-9-19-12-13-20-11-8-17-14(15)16-7-6-10-18-4-2/h3-13H2,1-2H3,(H3,15,16,17). The first kappa shape index (κ1) is 19.1. The Morgan fingerprint density at radius 2 is 1.65 bits per heavy atom. The number of ether oxygens (including phenoxy) is 3. The molecule has 0 radical (unpaired) electrons. The molecule has 0 aliphatic heterocycles. The van der Waals surface area contributed by atoms with Gasteiger partial charge in [0.25, 0.3) is 0 Å². The van der Waals surface area contributed by atoms with Crippen molar-refractivity contribution in [1.82, 2.24) is 5.32 Å². The Hall–Kier alpha value is -0.850. The summed E-state index contributed by atoms with van der Waals surface area (Å²) in [5, 5.41) is 3.01. The molecule has 0 fully saturated rings. The second-order valence-electron chi connectivity index (χ2n) is 4.32. The topological polar surface area (TPSA) is 78.1 Å². The highest BCUT2D eigenvalue weighted by molar-refractivity contribution is 5.77. The molecule has 0 aromatic heterocycles. The van der Waals surface area contributed by atoms with Crippen LogP contribution in [-0.2, 0) is 14.2 Å². The number of guanidine groups is 1.